The molecule has 0 aliphatic heterocycles. The van der Waals surface area contributed by atoms with Crippen LogP contribution in [0.5, 0.6) is 0 Å². The van der Waals surface area contributed by atoms with E-state index in [1.807, 2.05) is 30.3 Å². The standard InChI is InChI=1S/C10H12O2/c11-7-6-10(8-12)9-4-2-1-3-5-9/h1-5,8,11-12H,6-7H2/b10-8-. The molecule has 0 fully saturated rings. The van der Waals surface area contributed by atoms with Gasteiger partial charge in [0.15, 0.2) is 0 Å². The molecule has 0 spiro atoms. The Balaban J connectivity index is 2.82. The second kappa shape index (κ2) is 4.57. The third-order valence-corrected chi connectivity index (χ3v) is 1.68. The molecule has 0 atom stereocenters. The van der Waals surface area contributed by atoms with Crippen LogP contribution in [0.25, 0.3) is 5.57 Å². The fourth-order valence-electron chi connectivity index (χ4n) is 1.06. The highest BCUT2D eigenvalue weighted by Gasteiger charge is 1.98. The zero-order chi connectivity index (χ0) is 8.81. The van der Waals surface area contributed by atoms with Crippen LogP contribution in [0.4, 0.5) is 0 Å². The molecular weight excluding hydrogens is 152 g/mol. The minimum Gasteiger partial charge on any atom is -0.515 e. The number of rotatable bonds is 3. The van der Waals surface area contributed by atoms with Crippen molar-refractivity contribution in [3.63, 3.8) is 0 Å². The molecule has 1 aromatic carbocycles. The van der Waals surface area contributed by atoms with Gasteiger partial charge in [0, 0.05) is 6.61 Å². The van der Waals surface area contributed by atoms with Crippen LogP contribution in [0.3, 0.4) is 0 Å². The summed E-state index contributed by atoms with van der Waals surface area (Å²) in [5.74, 6) is 0. The van der Waals surface area contributed by atoms with Crippen LogP contribution in [-0.4, -0.2) is 16.8 Å². The zero-order valence-electron chi connectivity index (χ0n) is 6.77. The zero-order valence-corrected chi connectivity index (χ0v) is 6.77. The molecule has 12 heavy (non-hydrogen) atoms. The maximum Gasteiger partial charge on any atom is 0.0830 e. The summed E-state index contributed by atoms with van der Waals surface area (Å²) >= 11 is 0. The van der Waals surface area contributed by atoms with E-state index in [4.69, 9.17) is 10.2 Å². The van der Waals surface area contributed by atoms with Crippen LogP contribution in [0, 0.1) is 0 Å². The SMILES string of the molecule is O/C=C(/CCO)c1ccccc1. The van der Waals surface area contributed by atoms with Gasteiger partial charge in [-0.2, -0.15) is 0 Å². The second-order valence-electron chi connectivity index (χ2n) is 2.49. The topological polar surface area (TPSA) is 40.5 Å². The largest absolute Gasteiger partial charge is 0.515 e. The van der Waals surface area contributed by atoms with Crippen LogP contribution in [-0.2, 0) is 0 Å². The first-order valence-electron chi connectivity index (χ1n) is 3.88. The molecule has 0 aromatic heterocycles. The molecule has 0 heterocycles. The molecule has 2 N–H and O–H groups in total. The lowest BCUT2D eigenvalue weighted by atomic mass is 10.1. The van der Waals surface area contributed by atoms with Crippen LogP contribution < -0.4 is 0 Å². The fourth-order valence-corrected chi connectivity index (χ4v) is 1.06. The molecule has 0 saturated heterocycles. The van der Waals surface area contributed by atoms with E-state index < -0.39 is 0 Å². The Hall–Kier alpha value is -1.28. The van der Waals surface area contributed by atoms with Crippen LogP contribution in [0.2, 0.25) is 0 Å². The van der Waals surface area contributed by atoms with Crippen molar-refractivity contribution in [1.29, 1.82) is 0 Å². The normalized spacial score (nSPS) is 11.6. The minimum absolute atomic E-state index is 0.0568. The Morgan fingerprint density at radius 1 is 1.25 bits per heavy atom. The molecule has 0 amide bonds. The van der Waals surface area contributed by atoms with Crippen LogP contribution in [0.1, 0.15) is 12.0 Å². The van der Waals surface area contributed by atoms with Crippen molar-refractivity contribution >= 4 is 5.57 Å². The lowest BCUT2D eigenvalue weighted by Crippen LogP contribution is -1.88. The summed E-state index contributed by atoms with van der Waals surface area (Å²) in [7, 11) is 0. The molecule has 2 heteroatoms. The van der Waals surface area contributed by atoms with Crippen molar-refractivity contribution in [3.05, 3.63) is 42.2 Å². The predicted molar refractivity (Wildman–Crippen MR) is 48.8 cm³/mol. The summed E-state index contributed by atoms with van der Waals surface area (Å²) in [5.41, 5.74) is 1.71. The van der Waals surface area contributed by atoms with Crippen molar-refractivity contribution < 1.29 is 10.2 Å². The number of aliphatic hydroxyl groups is 2. The predicted octanol–water partition coefficient (Wildman–Crippen LogP) is 1.97. The monoisotopic (exact) mass is 164 g/mol. The molecule has 0 unspecified atom stereocenters. The van der Waals surface area contributed by atoms with Gasteiger partial charge in [-0.05, 0) is 17.6 Å². The van der Waals surface area contributed by atoms with E-state index >= 15 is 0 Å². The lowest BCUT2D eigenvalue weighted by Gasteiger charge is -2.02. The fraction of sp³-hybridized carbons (Fsp3) is 0.200. The maximum atomic E-state index is 8.84. The first kappa shape index (κ1) is 8.81. The smallest absolute Gasteiger partial charge is 0.0830 e. The molecule has 2 nitrogen and oxygen atoms in total. The quantitative estimate of drug-likeness (QED) is 0.670. The molecule has 64 valence electrons. The Bertz CT molecular complexity index is 252. The molecule has 0 aliphatic rings. The number of hydrogen-bond donors (Lipinski definition) is 2. The first-order chi connectivity index (χ1) is 5.88. The Kier molecular flexibility index (Phi) is 3.35. The van der Waals surface area contributed by atoms with E-state index in [0.717, 1.165) is 17.4 Å². The van der Waals surface area contributed by atoms with Gasteiger partial charge in [0.1, 0.15) is 0 Å². The van der Waals surface area contributed by atoms with Crippen molar-refractivity contribution in [2.45, 2.75) is 6.42 Å². The highest BCUT2D eigenvalue weighted by atomic mass is 16.3. The van der Waals surface area contributed by atoms with Gasteiger partial charge in [0.25, 0.3) is 0 Å². The highest BCUT2D eigenvalue weighted by Crippen LogP contribution is 2.15. The Morgan fingerprint density at radius 2 is 1.92 bits per heavy atom. The van der Waals surface area contributed by atoms with Gasteiger partial charge < -0.3 is 10.2 Å². The Morgan fingerprint density at radius 3 is 2.42 bits per heavy atom. The van der Waals surface area contributed by atoms with E-state index in [9.17, 15) is 0 Å². The van der Waals surface area contributed by atoms with Gasteiger partial charge in [-0.25, -0.2) is 0 Å². The molecule has 0 aliphatic carbocycles. The second-order valence-corrected chi connectivity index (χ2v) is 2.49. The van der Waals surface area contributed by atoms with Gasteiger partial charge in [-0.1, -0.05) is 30.3 Å². The third kappa shape index (κ3) is 2.10. The molecule has 1 aromatic rings. The summed E-state index contributed by atoms with van der Waals surface area (Å²) in [4.78, 5) is 0. The van der Waals surface area contributed by atoms with Gasteiger partial charge in [0.2, 0.25) is 0 Å². The lowest BCUT2D eigenvalue weighted by molar-refractivity contribution is 0.304. The van der Waals surface area contributed by atoms with Gasteiger partial charge in [-0.3, -0.25) is 0 Å². The average Bonchev–Trinajstić information content (AvgIpc) is 2.15. The molecular formula is C10H12O2. The van der Waals surface area contributed by atoms with E-state index in [1.54, 1.807) is 0 Å². The van der Waals surface area contributed by atoms with E-state index in [1.165, 1.54) is 0 Å². The minimum atomic E-state index is 0.0568. The Labute approximate surface area is 71.8 Å². The van der Waals surface area contributed by atoms with Crippen LogP contribution >= 0.6 is 0 Å². The first-order valence-corrected chi connectivity index (χ1v) is 3.88. The molecule has 0 bridgehead atoms. The molecule has 0 radical (unpaired) electrons. The van der Waals surface area contributed by atoms with Gasteiger partial charge >= 0.3 is 0 Å². The van der Waals surface area contributed by atoms with Crippen molar-refractivity contribution in [3.8, 4) is 0 Å². The maximum absolute atomic E-state index is 8.84. The van der Waals surface area contributed by atoms with Gasteiger partial charge in [-0.15, -0.1) is 0 Å². The van der Waals surface area contributed by atoms with Crippen molar-refractivity contribution in [1.82, 2.24) is 0 Å². The summed E-state index contributed by atoms with van der Waals surface area (Å²) in [6.07, 6.45) is 1.53. The van der Waals surface area contributed by atoms with Crippen molar-refractivity contribution in [2.75, 3.05) is 6.61 Å². The summed E-state index contributed by atoms with van der Waals surface area (Å²) in [6, 6.07) is 9.51. The van der Waals surface area contributed by atoms with Crippen LogP contribution in [0.15, 0.2) is 36.6 Å². The van der Waals surface area contributed by atoms with E-state index in [0.29, 0.717) is 6.42 Å². The highest BCUT2D eigenvalue weighted by molar-refractivity contribution is 5.64. The van der Waals surface area contributed by atoms with E-state index in [2.05, 4.69) is 0 Å². The van der Waals surface area contributed by atoms with Gasteiger partial charge in [0.05, 0.1) is 6.26 Å². The summed E-state index contributed by atoms with van der Waals surface area (Å²) in [6.45, 7) is 0.0568. The summed E-state index contributed by atoms with van der Waals surface area (Å²) in [5, 5.41) is 17.5. The molecule has 0 saturated carbocycles. The van der Waals surface area contributed by atoms with Crippen molar-refractivity contribution in [2.24, 2.45) is 0 Å². The third-order valence-electron chi connectivity index (χ3n) is 1.68. The average molecular weight is 164 g/mol. The van der Waals surface area contributed by atoms with E-state index in [-0.39, 0.29) is 6.61 Å². The number of aliphatic hydroxyl groups excluding tert-OH is 2. The summed E-state index contributed by atoms with van der Waals surface area (Å²) < 4.78 is 0. The number of hydrogen-bond acceptors (Lipinski definition) is 2. The molecule has 1 rings (SSSR count). The number of benzene rings is 1.